The summed E-state index contributed by atoms with van der Waals surface area (Å²) < 4.78 is 0. The minimum Gasteiger partial charge on any atom is -0.344 e. The lowest BCUT2D eigenvalue weighted by Crippen LogP contribution is -1.95. The molecule has 0 unspecified atom stereocenters. The van der Waals surface area contributed by atoms with E-state index in [1.165, 1.54) is 5.40 Å². The van der Waals surface area contributed by atoms with Crippen molar-refractivity contribution in [1.82, 2.24) is 6.15 Å². The number of rotatable bonds is 2. The molecule has 4 heteroatoms. The molecule has 0 aliphatic carbocycles. The van der Waals surface area contributed by atoms with Gasteiger partial charge >= 0.3 is 0 Å². The summed E-state index contributed by atoms with van der Waals surface area (Å²) in [5.74, 6) is 0.813. The molecule has 0 amide bonds. The normalized spacial score (nSPS) is 6.91. The molecule has 0 atom stereocenters. The van der Waals surface area contributed by atoms with Crippen LogP contribution in [-0.2, 0) is 4.79 Å². The SMILES string of the molecule is CC(=O)CC(C)C.N.N#CS. The zero-order chi connectivity index (χ0) is 8.57. The molecule has 0 aliphatic heterocycles. The van der Waals surface area contributed by atoms with Gasteiger partial charge in [0.05, 0.1) is 0 Å². The number of carbonyl (C=O) groups excluding carboxylic acids is 1. The fraction of sp³-hybridized carbons (Fsp3) is 0.714. The van der Waals surface area contributed by atoms with E-state index in [1.807, 2.05) is 13.8 Å². The van der Waals surface area contributed by atoms with Crippen molar-refractivity contribution in [1.29, 1.82) is 5.26 Å². The molecule has 0 aromatic heterocycles. The van der Waals surface area contributed by atoms with E-state index >= 15 is 0 Å². The van der Waals surface area contributed by atoms with Crippen molar-refractivity contribution >= 4 is 18.4 Å². The summed E-state index contributed by atoms with van der Waals surface area (Å²) in [5, 5.41) is 8.63. The first kappa shape index (κ1) is 16.8. The highest BCUT2D eigenvalue weighted by Crippen LogP contribution is 1.97. The summed E-state index contributed by atoms with van der Waals surface area (Å²) in [7, 11) is 0. The lowest BCUT2D eigenvalue weighted by molar-refractivity contribution is -0.117. The quantitative estimate of drug-likeness (QED) is 0.500. The highest BCUT2D eigenvalue weighted by atomic mass is 32.1. The van der Waals surface area contributed by atoms with Gasteiger partial charge in [-0.25, -0.2) is 0 Å². The first-order chi connectivity index (χ1) is 4.54. The number of hydrogen-bond acceptors (Lipinski definition) is 4. The van der Waals surface area contributed by atoms with Crippen molar-refractivity contribution < 1.29 is 4.79 Å². The van der Waals surface area contributed by atoms with Crippen LogP contribution in [0.1, 0.15) is 27.2 Å². The number of Topliss-reactive ketones (excluding diaryl/α,β-unsaturated/α-hetero) is 1. The molecular formula is C7H16N2OS. The Morgan fingerprint density at radius 1 is 1.64 bits per heavy atom. The summed E-state index contributed by atoms with van der Waals surface area (Å²) in [6.45, 7) is 5.71. The van der Waals surface area contributed by atoms with E-state index in [0.29, 0.717) is 5.92 Å². The maximum atomic E-state index is 10.3. The van der Waals surface area contributed by atoms with Gasteiger partial charge in [-0.05, 0) is 12.8 Å². The van der Waals surface area contributed by atoms with E-state index in [1.54, 1.807) is 6.92 Å². The molecule has 0 radical (unpaired) electrons. The number of nitriles is 1. The Bertz CT molecular complexity index is 129. The predicted molar refractivity (Wildman–Crippen MR) is 49.8 cm³/mol. The molecule has 0 aromatic carbocycles. The number of hydrogen-bond donors (Lipinski definition) is 2. The van der Waals surface area contributed by atoms with Gasteiger partial charge in [0, 0.05) is 6.42 Å². The van der Waals surface area contributed by atoms with Gasteiger partial charge in [0.2, 0.25) is 0 Å². The third-order valence-electron chi connectivity index (χ3n) is 0.696. The molecule has 0 saturated heterocycles. The molecule has 3 nitrogen and oxygen atoms in total. The fourth-order valence-electron chi connectivity index (χ4n) is 0.575. The Labute approximate surface area is 73.8 Å². The van der Waals surface area contributed by atoms with Gasteiger partial charge in [-0.1, -0.05) is 26.5 Å². The monoisotopic (exact) mass is 176 g/mol. The number of nitrogens with zero attached hydrogens (tertiary/aromatic N) is 1. The molecule has 3 N–H and O–H groups in total. The number of thiocyanates is 1. The van der Waals surface area contributed by atoms with Crippen LogP contribution in [0.5, 0.6) is 0 Å². The maximum Gasteiger partial charge on any atom is 0.130 e. The van der Waals surface area contributed by atoms with Gasteiger partial charge in [0.25, 0.3) is 0 Å². The number of thiol groups is 1. The van der Waals surface area contributed by atoms with Crippen molar-refractivity contribution in [3.63, 3.8) is 0 Å². The van der Waals surface area contributed by atoms with Crippen LogP contribution in [0, 0.1) is 16.6 Å². The zero-order valence-corrected chi connectivity index (χ0v) is 8.19. The molecule has 0 rings (SSSR count). The lowest BCUT2D eigenvalue weighted by Gasteiger charge is -1.95. The van der Waals surface area contributed by atoms with Gasteiger partial charge in [-0.3, -0.25) is 0 Å². The highest BCUT2D eigenvalue weighted by molar-refractivity contribution is 7.85. The van der Waals surface area contributed by atoms with Crippen molar-refractivity contribution in [2.45, 2.75) is 27.2 Å². The smallest absolute Gasteiger partial charge is 0.130 e. The van der Waals surface area contributed by atoms with Crippen LogP contribution in [0.4, 0.5) is 0 Å². The predicted octanol–water partition coefficient (Wildman–Crippen LogP) is 2.18. The first-order valence-corrected chi connectivity index (χ1v) is 3.52. The van der Waals surface area contributed by atoms with Crippen molar-refractivity contribution in [2.24, 2.45) is 5.92 Å². The van der Waals surface area contributed by atoms with Crippen LogP contribution in [0.25, 0.3) is 0 Å². The summed E-state index contributed by atoms with van der Waals surface area (Å²) >= 11 is 3.09. The minimum absolute atomic E-state index is 0. The van der Waals surface area contributed by atoms with Crippen LogP contribution in [0.15, 0.2) is 0 Å². The topological polar surface area (TPSA) is 75.9 Å². The van der Waals surface area contributed by atoms with Gasteiger partial charge in [-0.2, -0.15) is 5.26 Å². The molecular weight excluding hydrogens is 160 g/mol. The molecule has 0 aromatic rings. The Morgan fingerprint density at radius 3 is 1.91 bits per heavy atom. The van der Waals surface area contributed by atoms with Gasteiger partial charge in [0.15, 0.2) is 0 Å². The van der Waals surface area contributed by atoms with Crippen LogP contribution in [0.2, 0.25) is 0 Å². The van der Waals surface area contributed by atoms with E-state index in [9.17, 15) is 4.79 Å². The van der Waals surface area contributed by atoms with Gasteiger partial charge in [0.1, 0.15) is 11.2 Å². The molecule has 0 spiro atoms. The van der Waals surface area contributed by atoms with Crippen LogP contribution in [0.3, 0.4) is 0 Å². The zero-order valence-electron chi connectivity index (χ0n) is 7.29. The Hall–Kier alpha value is -0.530. The van der Waals surface area contributed by atoms with Gasteiger partial charge < -0.3 is 10.9 Å². The van der Waals surface area contributed by atoms with E-state index in [4.69, 9.17) is 5.26 Å². The molecule has 0 aliphatic rings. The van der Waals surface area contributed by atoms with Crippen molar-refractivity contribution in [3.8, 4) is 5.40 Å². The Kier molecular flexibility index (Phi) is 18.6. The molecule has 0 bridgehead atoms. The Balaban J connectivity index is -0.000000140. The fourth-order valence-corrected chi connectivity index (χ4v) is 0.575. The summed E-state index contributed by atoms with van der Waals surface area (Å²) in [6.07, 6.45) is 0.722. The lowest BCUT2D eigenvalue weighted by atomic mass is 10.1. The average molecular weight is 176 g/mol. The van der Waals surface area contributed by atoms with Crippen LogP contribution >= 0.6 is 12.6 Å². The number of ketones is 1. The van der Waals surface area contributed by atoms with E-state index in [0.717, 1.165) is 6.42 Å². The second-order valence-electron chi connectivity index (χ2n) is 2.40. The third kappa shape index (κ3) is 43.9. The van der Waals surface area contributed by atoms with Crippen molar-refractivity contribution in [2.75, 3.05) is 0 Å². The Morgan fingerprint density at radius 2 is 1.91 bits per heavy atom. The highest BCUT2D eigenvalue weighted by Gasteiger charge is 1.95. The second-order valence-corrected chi connectivity index (χ2v) is 2.60. The van der Waals surface area contributed by atoms with Crippen molar-refractivity contribution in [3.05, 3.63) is 0 Å². The third-order valence-corrected chi connectivity index (χ3v) is 0.696. The van der Waals surface area contributed by atoms with E-state index in [2.05, 4.69) is 12.6 Å². The van der Waals surface area contributed by atoms with Crippen LogP contribution in [-0.4, -0.2) is 5.78 Å². The molecule has 66 valence electrons. The van der Waals surface area contributed by atoms with Gasteiger partial charge in [-0.15, -0.1) is 0 Å². The average Bonchev–Trinajstić information content (AvgIpc) is 1.62. The first-order valence-electron chi connectivity index (χ1n) is 3.07. The molecule has 0 fully saturated rings. The summed E-state index contributed by atoms with van der Waals surface area (Å²) in [5.41, 5.74) is 0. The van der Waals surface area contributed by atoms with E-state index < -0.39 is 0 Å². The standard InChI is InChI=1S/C6H12O.CHNS.H3N/c1-5(2)4-6(3)7;2-1-3;/h5H,4H2,1-3H3;3H;1H3. The second kappa shape index (κ2) is 12.2. The number of carbonyl (C=O) groups is 1. The summed E-state index contributed by atoms with van der Waals surface area (Å²) in [4.78, 5) is 10.3. The minimum atomic E-state index is 0. The molecule has 0 saturated carbocycles. The van der Waals surface area contributed by atoms with E-state index in [-0.39, 0.29) is 11.9 Å². The molecule has 0 heterocycles. The largest absolute Gasteiger partial charge is 0.344 e. The summed E-state index contributed by atoms with van der Waals surface area (Å²) in [6, 6.07) is 0. The molecule has 11 heavy (non-hydrogen) atoms. The van der Waals surface area contributed by atoms with Crippen LogP contribution < -0.4 is 6.15 Å². The maximum absolute atomic E-state index is 10.3.